The normalized spacial score (nSPS) is 15.4. The molecule has 1 nitrogen and oxygen atoms in total. The lowest BCUT2D eigenvalue weighted by Crippen LogP contribution is -2.14. The molecule has 1 atom stereocenters. The van der Waals surface area contributed by atoms with Gasteiger partial charge in [0.15, 0.2) is 0 Å². The van der Waals surface area contributed by atoms with Crippen LogP contribution in [0.3, 0.4) is 0 Å². The van der Waals surface area contributed by atoms with E-state index in [9.17, 15) is 4.39 Å². The monoisotopic (exact) mass is 297 g/mol. The number of hydrogen-bond acceptors (Lipinski definition) is 1. The third kappa shape index (κ3) is 3.38. The summed E-state index contributed by atoms with van der Waals surface area (Å²) in [6, 6.07) is 14.0. The first-order valence-electron chi connectivity index (χ1n) is 8.29. The molecule has 0 aliphatic heterocycles. The molecule has 22 heavy (non-hydrogen) atoms. The summed E-state index contributed by atoms with van der Waals surface area (Å²) in [5.41, 5.74) is 5.39. The summed E-state index contributed by atoms with van der Waals surface area (Å²) >= 11 is 0. The standard InChI is InChI=1S/C20H24FN/c1-22-12-11-20(17-7-4-8-19(21)14-17)18-10-9-15-5-2-3-6-16(15)13-18/h4,7-10,13-14,20,22H,2-3,5-6,11-12H2,1H3. The van der Waals surface area contributed by atoms with E-state index in [4.69, 9.17) is 0 Å². The van der Waals surface area contributed by atoms with Crippen molar-refractivity contribution in [2.24, 2.45) is 0 Å². The van der Waals surface area contributed by atoms with Crippen LogP contribution in [0.1, 0.15) is 47.4 Å². The molecule has 2 heteroatoms. The Hall–Kier alpha value is -1.67. The van der Waals surface area contributed by atoms with Gasteiger partial charge < -0.3 is 5.32 Å². The Labute approximate surface area is 132 Å². The van der Waals surface area contributed by atoms with Gasteiger partial charge in [-0.1, -0.05) is 30.3 Å². The van der Waals surface area contributed by atoms with Crippen molar-refractivity contribution in [1.82, 2.24) is 5.32 Å². The first-order chi connectivity index (χ1) is 10.8. The minimum Gasteiger partial charge on any atom is -0.320 e. The van der Waals surface area contributed by atoms with Gasteiger partial charge >= 0.3 is 0 Å². The smallest absolute Gasteiger partial charge is 0.123 e. The SMILES string of the molecule is CNCCC(c1cccc(F)c1)c1ccc2c(c1)CCCC2. The minimum absolute atomic E-state index is 0.148. The average molecular weight is 297 g/mol. The van der Waals surface area contributed by atoms with E-state index in [-0.39, 0.29) is 11.7 Å². The molecule has 0 bridgehead atoms. The lowest BCUT2D eigenvalue weighted by atomic mass is 9.84. The van der Waals surface area contributed by atoms with Gasteiger partial charge in [0.05, 0.1) is 0 Å². The van der Waals surface area contributed by atoms with Crippen molar-refractivity contribution in [3.05, 3.63) is 70.5 Å². The van der Waals surface area contributed by atoms with Crippen LogP contribution < -0.4 is 5.32 Å². The molecular weight excluding hydrogens is 273 g/mol. The quantitative estimate of drug-likeness (QED) is 0.860. The lowest BCUT2D eigenvalue weighted by Gasteiger charge is -2.22. The van der Waals surface area contributed by atoms with Crippen LogP contribution in [0, 0.1) is 5.82 Å². The number of rotatable bonds is 5. The fourth-order valence-corrected chi connectivity index (χ4v) is 3.51. The summed E-state index contributed by atoms with van der Waals surface area (Å²) in [4.78, 5) is 0. The molecule has 3 rings (SSSR count). The molecule has 0 aromatic heterocycles. The van der Waals surface area contributed by atoms with Crippen LogP contribution in [-0.4, -0.2) is 13.6 Å². The van der Waals surface area contributed by atoms with Gasteiger partial charge in [0, 0.05) is 5.92 Å². The molecule has 2 aromatic rings. The first-order valence-corrected chi connectivity index (χ1v) is 8.29. The largest absolute Gasteiger partial charge is 0.320 e. The predicted octanol–water partition coefficient (Wildman–Crippen LogP) is 4.45. The maximum atomic E-state index is 13.6. The molecule has 1 aliphatic carbocycles. The van der Waals surface area contributed by atoms with Crippen molar-refractivity contribution in [3.8, 4) is 0 Å². The Morgan fingerprint density at radius 1 is 1.00 bits per heavy atom. The Balaban J connectivity index is 1.95. The molecule has 1 unspecified atom stereocenters. The highest BCUT2D eigenvalue weighted by Crippen LogP contribution is 2.31. The Kier molecular flexibility index (Phi) is 4.89. The summed E-state index contributed by atoms with van der Waals surface area (Å²) < 4.78 is 13.6. The van der Waals surface area contributed by atoms with E-state index in [2.05, 4.69) is 23.5 Å². The molecule has 2 aromatic carbocycles. The van der Waals surface area contributed by atoms with Crippen molar-refractivity contribution < 1.29 is 4.39 Å². The molecule has 0 saturated carbocycles. The highest BCUT2D eigenvalue weighted by atomic mass is 19.1. The number of aryl methyl sites for hydroxylation is 2. The summed E-state index contributed by atoms with van der Waals surface area (Å²) in [6.45, 7) is 0.929. The molecule has 1 aliphatic rings. The molecule has 1 N–H and O–H groups in total. The van der Waals surface area contributed by atoms with Gasteiger partial charge in [-0.2, -0.15) is 0 Å². The second-order valence-corrected chi connectivity index (χ2v) is 6.24. The topological polar surface area (TPSA) is 12.0 Å². The van der Waals surface area contributed by atoms with Crippen LogP contribution in [0.5, 0.6) is 0 Å². The van der Waals surface area contributed by atoms with Crippen molar-refractivity contribution in [1.29, 1.82) is 0 Å². The summed E-state index contributed by atoms with van der Waals surface area (Å²) in [7, 11) is 1.97. The maximum Gasteiger partial charge on any atom is 0.123 e. The van der Waals surface area contributed by atoms with E-state index < -0.39 is 0 Å². The van der Waals surface area contributed by atoms with Crippen LogP contribution in [0.2, 0.25) is 0 Å². The third-order valence-corrected chi connectivity index (χ3v) is 4.71. The average Bonchev–Trinajstić information content (AvgIpc) is 2.55. The number of nitrogens with one attached hydrogen (secondary N) is 1. The minimum atomic E-state index is -0.148. The summed E-state index contributed by atoms with van der Waals surface area (Å²) in [5.74, 6) is 0.111. The van der Waals surface area contributed by atoms with Gasteiger partial charge in [-0.3, -0.25) is 0 Å². The zero-order valence-electron chi connectivity index (χ0n) is 13.2. The lowest BCUT2D eigenvalue weighted by molar-refractivity contribution is 0.615. The van der Waals surface area contributed by atoms with Crippen molar-refractivity contribution in [2.45, 2.75) is 38.0 Å². The molecule has 0 fully saturated rings. The number of halogens is 1. The van der Waals surface area contributed by atoms with Gasteiger partial charge in [-0.15, -0.1) is 0 Å². The van der Waals surface area contributed by atoms with E-state index in [1.54, 1.807) is 6.07 Å². The van der Waals surface area contributed by atoms with Gasteiger partial charge in [-0.05, 0) is 80.1 Å². The summed E-state index contributed by atoms with van der Waals surface area (Å²) in [6.07, 6.45) is 5.97. The Morgan fingerprint density at radius 2 is 1.77 bits per heavy atom. The van der Waals surface area contributed by atoms with Crippen LogP contribution in [-0.2, 0) is 12.8 Å². The highest BCUT2D eigenvalue weighted by Gasteiger charge is 2.17. The molecule has 0 heterocycles. The molecular formula is C20H24FN. The maximum absolute atomic E-state index is 13.6. The summed E-state index contributed by atoms with van der Waals surface area (Å²) in [5, 5.41) is 3.22. The van der Waals surface area contributed by atoms with Gasteiger partial charge in [0.25, 0.3) is 0 Å². The third-order valence-electron chi connectivity index (χ3n) is 4.71. The van der Waals surface area contributed by atoms with Gasteiger partial charge in [-0.25, -0.2) is 4.39 Å². The van der Waals surface area contributed by atoms with E-state index >= 15 is 0 Å². The number of hydrogen-bond donors (Lipinski definition) is 1. The highest BCUT2D eigenvalue weighted by molar-refractivity contribution is 5.39. The Bertz CT molecular complexity index is 635. The number of benzene rings is 2. The van der Waals surface area contributed by atoms with E-state index in [0.717, 1.165) is 18.5 Å². The van der Waals surface area contributed by atoms with Crippen molar-refractivity contribution >= 4 is 0 Å². The second kappa shape index (κ2) is 7.06. The molecule has 0 spiro atoms. The second-order valence-electron chi connectivity index (χ2n) is 6.24. The number of fused-ring (bicyclic) bond motifs is 1. The zero-order chi connectivity index (χ0) is 15.4. The van der Waals surface area contributed by atoms with E-state index in [0.29, 0.717) is 0 Å². The zero-order valence-corrected chi connectivity index (χ0v) is 13.2. The van der Waals surface area contributed by atoms with E-state index in [1.807, 2.05) is 19.2 Å². The van der Waals surface area contributed by atoms with Crippen molar-refractivity contribution in [3.63, 3.8) is 0 Å². The van der Waals surface area contributed by atoms with Crippen molar-refractivity contribution in [2.75, 3.05) is 13.6 Å². The molecule has 0 saturated heterocycles. The van der Waals surface area contributed by atoms with Gasteiger partial charge in [0.1, 0.15) is 5.82 Å². The molecule has 0 radical (unpaired) electrons. The Morgan fingerprint density at radius 3 is 2.55 bits per heavy atom. The fraction of sp³-hybridized carbons (Fsp3) is 0.400. The fourth-order valence-electron chi connectivity index (χ4n) is 3.51. The molecule has 0 amide bonds. The predicted molar refractivity (Wildman–Crippen MR) is 89.9 cm³/mol. The van der Waals surface area contributed by atoms with Crippen LogP contribution in [0.15, 0.2) is 42.5 Å². The van der Waals surface area contributed by atoms with Crippen LogP contribution in [0.4, 0.5) is 4.39 Å². The van der Waals surface area contributed by atoms with Crippen LogP contribution in [0.25, 0.3) is 0 Å². The first kappa shape index (κ1) is 15.2. The van der Waals surface area contributed by atoms with Crippen LogP contribution >= 0.6 is 0 Å². The molecule has 116 valence electrons. The van der Waals surface area contributed by atoms with E-state index in [1.165, 1.54) is 48.4 Å². The van der Waals surface area contributed by atoms with Gasteiger partial charge in [0.2, 0.25) is 0 Å².